The number of thioether (sulfide) groups is 1. The van der Waals surface area contributed by atoms with Gasteiger partial charge >= 0.3 is 0 Å². The fourth-order valence-electron chi connectivity index (χ4n) is 2.65. The molecule has 1 unspecified atom stereocenters. The summed E-state index contributed by atoms with van der Waals surface area (Å²) >= 11 is 1.72. The summed E-state index contributed by atoms with van der Waals surface area (Å²) in [6, 6.07) is 16.4. The van der Waals surface area contributed by atoms with Gasteiger partial charge in [-0.15, -0.1) is 11.8 Å². The molecule has 2 aromatic carbocycles. The minimum Gasteiger partial charge on any atom is -0.493 e. The highest BCUT2D eigenvalue weighted by atomic mass is 32.2. The molecule has 0 saturated carbocycles. The number of para-hydroxylation sites is 1. The van der Waals surface area contributed by atoms with Crippen LogP contribution in [0.4, 0.5) is 0 Å². The van der Waals surface area contributed by atoms with Crippen LogP contribution in [0.1, 0.15) is 30.0 Å². The van der Waals surface area contributed by atoms with Crippen molar-refractivity contribution in [3.05, 3.63) is 59.7 Å². The van der Waals surface area contributed by atoms with E-state index in [0.29, 0.717) is 13.0 Å². The van der Waals surface area contributed by atoms with E-state index in [1.807, 2.05) is 24.3 Å². The Kier molecular flexibility index (Phi) is 5.23. The molecule has 0 spiro atoms. The molecule has 0 saturated heterocycles. The van der Waals surface area contributed by atoms with Crippen LogP contribution in [-0.2, 0) is 4.79 Å². The topological polar surface area (TPSA) is 38.3 Å². The molecule has 4 heteroatoms. The van der Waals surface area contributed by atoms with Gasteiger partial charge in [0.25, 0.3) is 0 Å². The number of rotatable bonds is 5. The van der Waals surface area contributed by atoms with E-state index < -0.39 is 0 Å². The summed E-state index contributed by atoms with van der Waals surface area (Å²) in [7, 11) is 0. The van der Waals surface area contributed by atoms with E-state index in [0.717, 1.165) is 23.5 Å². The van der Waals surface area contributed by atoms with E-state index >= 15 is 0 Å². The maximum Gasteiger partial charge on any atom is 0.221 e. The van der Waals surface area contributed by atoms with Gasteiger partial charge in [-0.3, -0.25) is 4.79 Å². The Balaban J connectivity index is 1.49. The normalized spacial score (nSPS) is 16.3. The average Bonchev–Trinajstić information content (AvgIpc) is 2.57. The molecule has 1 aliphatic heterocycles. The Morgan fingerprint density at radius 3 is 2.83 bits per heavy atom. The third-order valence-corrected chi connectivity index (χ3v) is 4.93. The molecule has 0 aromatic heterocycles. The number of aryl methyl sites for hydroxylation is 1. The fraction of sp³-hybridized carbons (Fsp3) is 0.316. The maximum absolute atomic E-state index is 12.2. The lowest BCUT2D eigenvalue weighted by molar-refractivity contribution is -0.121. The molecule has 0 aliphatic carbocycles. The first kappa shape index (κ1) is 15.9. The summed E-state index contributed by atoms with van der Waals surface area (Å²) < 4.78 is 5.63. The van der Waals surface area contributed by atoms with Gasteiger partial charge in [0, 0.05) is 29.1 Å². The smallest absolute Gasteiger partial charge is 0.221 e. The average molecular weight is 327 g/mol. The first-order chi connectivity index (χ1) is 11.2. The zero-order chi connectivity index (χ0) is 16.1. The van der Waals surface area contributed by atoms with Crippen molar-refractivity contribution in [2.75, 3.05) is 12.4 Å². The van der Waals surface area contributed by atoms with Gasteiger partial charge in [0.1, 0.15) is 5.75 Å². The molecule has 2 aromatic rings. The van der Waals surface area contributed by atoms with Gasteiger partial charge in [-0.05, 0) is 25.1 Å². The number of amides is 1. The second-order valence-corrected chi connectivity index (χ2v) is 6.87. The van der Waals surface area contributed by atoms with Crippen LogP contribution in [-0.4, -0.2) is 18.3 Å². The standard InChI is InChI=1S/C19H21NO2S/c1-14-6-8-15(9-7-14)23-13-11-19(21)20-17-10-12-22-18-5-3-2-4-16(17)18/h2-9,17H,10-13H2,1H3,(H,20,21). The van der Waals surface area contributed by atoms with Crippen LogP contribution in [0.2, 0.25) is 0 Å². The Bertz CT molecular complexity index is 669. The van der Waals surface area contributed by atoms with E-state index in [1.54, 1.807) is 11.8 Å². The molecule has 23 heavy (non-hydrogen) atoms. The van der Waals surface area contributed by atoms with E-state index in [-0.39, 0.29) is 11.9 Å². The van der Waals surface area contributed by atoms with Crippen molar-refractivity contribution < 1.29 is 9.53 Å². The van der Waals surface area contributed by atoms with Gasteiger partial charge < -0.3 is 10.1 Å². The number of carbonyl (C=O) groups excluding carboxylic acids is 1. The highest BCUT2D eigenvalue weighted by molar-refractivity contribution is 7.99. The molecular formula is C19H21NO2S. The van der Waals surface area contributed by atoms with Crippen LogP contribution in [0.3, 0.4) is 0 Å². The molecule has 3 rings (SSSR count). The lowest BCUT2D eigenvalue weighted by Gasteiger charge is -2.26. The highest BCUT2D eigenvalue weighted by Crippen LogP contribution is 2.31. The highest BCUT2D eigenvalue weighted by Gasteiger charge is 2.22. The first-order valence-corrected chi connectivity index (χ1v) is 8.91. The Labute approximate surface area is 141 Å². The maximum atomic E-state index is 12.2. The minimum atomic E-state index is 0.0665. The van der Waals surface area contributed by atoms with Gasteiger partial charge in [0.05, 0.1) is 12.6 Å². The van der Waals surface area contributed by atoms with Crippen molar-refractivity contribution in [2.24, 2.45) is 0 Å². The number of nitrogens with one attached hydrogen (secondary N) is 1. The van der Waals surface area contributed by atoms with Crippen molar-refractivity contribution in [3.8, 4) is 5.75 Å². The number of carbonyl (C=O) groups is 1. The summed E-state index contributed by atoms with van der Waals surface area (Å²) in [4.78, 5) is 13.4. The first-order valence-electron chi connectivity index (χ1n) is 7.93. The zero-order valence-electron chi connectivity index (χ0n) is 13.2. The van der Waals surface area contributed by atoms with Gasteiger partial charge in [-0.2, -0.15) is 0 Å². The molecule has 1 atom stereocenters. The summed E-state index contributed by atoms with van der Waals surface area (Å²) in [5.74, 6) is 1.78. The van der Waals surface area contributed by atoms with Crippen molar-refractivity contribution in [3.63, 3.8) is 0 Å². The predicted molar refractivity (Wildman–Crippen MR) is 94.0 cm³/mol. The summed E-state index contributed by atoms with van der Waals surface area (Å²) in [6.45, 7) is 2.73. The molecule has 0 radical (unpaired) electrons. The van der Waals surface area contributed by atoms with Crippen LogP contribution in [0.25, 0.3) is 0 Å². The van der Waals surface area contributed by atoms with Crippen LogP contribution in [0, 0.1) is 6.92 Å². The zero-order valence-corrected chi connectivity index (χ0v) is 14.1. The lowest BCUT2D eigenvalue weighted by atomic mass is 10.0. The van der Waals surface area contributed by atoms with E-state index in [1.165, 1.54) is 10.5 Å². The van der Waals surface area contributed by atoms with E-state index in [4.69, 9.17) is 4.74 Å². The Morgan fingerprint density at radius 2 is 2.00 bits per heavy atom. The van der Waals surface area contributed by atoms with E-state index in [2.05, 4.69) is 36.5 Å². The summed E-state index contributed by atoms with van der Waals surface area (Å²) in [5, 5.41) is 3.14. The van der Waals surface area contributed by atoms with E-state index in [9.17, 15) is 4.79 Å². The third kappa shape index (κ3) is 4.29. The Hall–Kier alpha value is -1.94. The third-order valence-electron chi connectivity index (χ3n) is 3.91. The van der Waals surface area contributed by atoms with Gasteiger partial charge in [0.15, 0.2) is 0 Å². The molecule has 1 amide bonds. The quantitative estimate of drug-likeness (QED) is 0.840. The molecule has 0 fully saturated rings. The summed E-state index contributed by atoms with van der Waals surface area (Å²) in [6.07, 6.45) is 1.35. The number of fused-ring (bicyclic) bond motifs is 1. The SMILES string of the molecule is Cc1ccc(SCCC(=O)NC2CCOc3ccccc32)cc1. The molecule has 1 N–H and O–H groups in total. The van der Waals surface area contributed by atoms with Crippen LogP contribution < -0.4 is 10.1 Å². The van der Waals surface area contributed by atoms with Crippen molar-refractivity contribution >= 4 is 17.7 Å². The number of hydrogen-bond donors (Lipinski definition) is 1. The molecule has 0 bridgehead atoms. The number of ether oxygens (including phenoxy) is 1. The van der Waals surface area contributed by atoms with Crippen LogP contribution >= 0.6 is 11.8 Å². The molecule has 120 valence electrons. The van der Waals surface area contributed by atoms with Gasteiger partial charge in [-0.25, -0.2) is 0 Å². The number of benzene rings is 2. The molecule has 1 heterocycles. The Morgan fingerprint density at radius 1 is 1.22 bits per heavy atom. The van der Waals surface area contributed by atoms with Gasteiger partial charge in [0.2, 0.25) is 5.91 Å². The second kappa shape index (κ2) is 7.55. The monoisotopic (exact) mass is 327 g/mol. The van der Waals surface area contributed by atoms with Crippen molar-refractivity contribution in [1.82, 2.24) is 5.32 Å². The number of hydrogen-bond acceptors (Lipinski definition) is 3. The lowest BCUT2D eigenvalue weighted by Crippen LogP contribution is -2.32. The fourth-order valence-corrected chi connectivity index (χ4v) is 3.51. The summed E-state index contributed by atoms with van der Waals surface area (Å²) in [5.41, 5.74) is 2.34. The van der Waals surface area contributed by atoms with Crippen molar-refractivity contribution in [2.45, 2.75) is 30.7 Å². The largest absolute Gasteiger partial charge is 0.493 e. The minimum absolute atomic E-state index is 0.0665. The molecular weight excluding hydrogens is 306 g/mol. The molecule has 3 nitrogen and oxygen atoms in total. The van der Waals surface area contributed by atoms with Crippen LogP contribution in [0.15, 0.2) is 53.4 Å². The predicted octanol–water partition coefficient (Wildman–Crippen LogP) is 4.12. The van der Waals surface area contributed by atoms with Crippen molar-refractivity contribution in [1.29, 1.82) is 0 Å². The van der Waals surface area contributed by atoms with Gasteiger partial charge in [-0.1, -0.05) is 35.9 Å². The molecule has 1 aliphatic rings. The van der Waals surface area contributed by atoms with Crippen LogP contribution in [0.5, 0.6) is 5.75 Å². The second-order valence-electron chi connectivity index (χ2n) is 5.71.